The van der Waals surface area contributed by atoms with E-state index < -0.39 is 4.92 Å². The molecule has 0 spiro atoms. The smallest absolute Gasteiger partial charge is 0.322 e. The molecule has 1 N–H and O–H groups in total. The average Bonchev–Trinajstić information content (AvgIpc) is 3.22. The van der Waals surface area contributed by atoms with Gasteiger partial charge in [0.1, 0.15) is 0 Å². The fraction of sp³-hybridized carbons (Fsp3) is 0.0588. The predicted octanol–water partition coefficient (Wildman–Crippen LogP) is 3.22. The van der Waals surface area contributed by atoms with Crippen molar-refractivity contribution in [2.45, 2.75) is 0 Å². The maximum atomic E-state index is 12.2. The van der Waals surface area contributed by atoms with Crippen molar-refractivity contribution >= 4 is 40.3 Å². The monoisotopic (exact) mass is 369 g/mol. The van der Waals surface area contributed by atoms with Gasteiger partial charge in [-0.15, -0.1) is 0 Å². The Bertz CT molecular complexity index is 972. The van der Waals surface area contributed by atoms with Crippen molar-refractivity contribution in [3.63, 3.8) is 0 Å². The molecule has 1 saturated heterocycles. The van der Waals surface area contributed by atoms with E-state index in [1.54, 1.807) is 6.07 Å². The van der Waals surface area contributed by atoms with E-state index >= 15 is 0 Å². The van der Waals surface area contributed by atoms with E-state index in [-0.39, 0.29) is 29.7 Å². The van der Waals surface area contributed by atoms with Gasteiger partial charge in [0.2, 0.25) is 12.5 Å². The van der Waals surface area contributed by atoms with Gasteiger partial charge in [-0.3, -0.25) is 14.9 Å². The van der Waals surface area contributed by atoms with Crippen LogP contribution < -0.4 is 14.8 Å². The van der Waals surface area contributed by atoms with E-state index in [4.69, 9.17) is 9.47 Å². The summed E-state index contributed by atoms with van der Waals surface area (Å²) in [6, 6.07) is 12.3. The third-order valence-electron chi connectivity index (χ3n) is 3.65. The number of carbonyl (C=O) groups is 1. The minimum Gasteiger partial charge on any atom is -0.453 e. The second-order valence-corrected chi connectivity index (χ2v) is 6.34. The summed E-state index contributed by atoms with van der Waals surface area (Å²) in [6.07, 6.45) is 1.45. The number of nitrogens with zero attached hydrogens (tertiary/aromatic N) is 2. The molecule has 0 atom stereocenters. The second-order valence-electron chi connectivity index (χ2n) is 5.31. The maximum absolute atomic E-state index is 12.2. The van der Waals surface area contributed by atoms with Gasteiger partial charge in [-0.1, -0.05) is 18.2 Å². The van der Waals surface area contributed by atoms with Gasteiger partial charge in [0.15, 0.2) is 10.9 Å². The number of hydrogen-bond acceptors (Lipinski definition) is 7. The molecule has 0 unspecified atom stereocenters. The minimum absolute atomic E-state index is 0.0701. The number of carbonyl (C=O) groups excluding carboxylic acids is 1. The maximum Gasteiger partial charge on any atom is 0.322 e. The molecule has 2 aromatic rings. The topological polar surface area (TPSA) is 103 Å². The summed E-state index contributed by atoms with van der Waals surface area (Å²) in [7, 11) is 0. The van der Waals surface area contributed by atoms with Crippen LogP contribution in [0.2, 0.25) is 0 Å². The van der Waals surface area contributed by atoms with Gasteiger partial charge in [-0.05, 0) is 42.1 Å². The molecule has 4 rings (SSSR count). The number of para-hydroxylation sites is 1. The van der Waals surface area contributed by atoms with Crippen molar-refractivity contribution in [2.75, 3.05) is 6.79 Å². The third-order valence-corrected chi connectivity index (χ3v) is 4.56. The highest BCUT2D eigenvalue weighted by Gasteiger charge is 2.31. The van der Waals surface area contributed by atoms with E-state index in [2.05, 4.69) is 10.3 Å². The van der Waals surface area contributed by atoms with Crippen molar-refractivity contribution < 1.29 is 19.2 Å². The van der Waals surface area contributed by atoms with Crippen LogP contribution in [-0.2, 0) is 4.79 Å². The van der Waals surface area contributed by atoms with Crippen molar-refractivity contribution in [2.24, 2.45) is 4.99 Å². The van der Waals surface area contributed by atoms with Gasteiger partial charge in [-0.2, -0.15) is 0 Å². The molecule has 2 aliphatic heterocycles. The molecule has 9 heteroatoms. The largest absolute Gasteiger partial charge is 0.453 e. The first-order valence-corrected chi connectivity index (χ1v) is 8.35. The number of nitrogens with one attached hydrogen (secondary N) is 1. The highest BCUT2D eigenvalue weighted by molar-refractivity contribution is 8.18. The number of amidine groups is 1. The van der Waals surface area contributed by atoms with Crippen LogP contribution in [0.3, 0.4) is 0 Å². The first-order chi connectivity index (χ1) is 12.6. The molecule has 2 aliphatic rings. The Morgan fingerprint density at radius 1 is 1.19 bits per heavy atom. The van der Waals surface area contributed by atoms with Gasteiger partial charge < -0.3 is 14.8 Å². The Morgan fingerprint density at radius 2 is 2.00 bits per heavy atom. The first kappa shape index (κ1) is 16.2. The van der Waals surface area contributed by atoms with Gasteiger partial charge in [-0.25, -0.2) is 4.99 Å². The Balaban J connectivity index is 1.68. The van der Waals surface area contributed by atoms with Crippen LogP contribution in [0.5, 0.6) is 11.5 Å². The zero-order valence-electron chi connectivity index (χ0n) is 13.2. The van der Waals surface area contributed by atoms with Gasteiger partial charge in [0.25, 0.3) is 5.91 Å². The number of aliphatic imine (C=N–C) groups is 1. The average molecular weight is 369 g/mol. The Morgan fingerprint density at radius 3 is 2.77 bits per heavy atom. The molecule has 0 radical (unpaired) electrons. The van der Waals surface area contributed by atoms with E-state index in [9.17, 15) is 14.9 Å². The lowest BCUT2D eigenvalue weighted by atomic mass is 10.1. The lowest BCUT2D eigenvalue weighted by molar-refractivity contribution is -0.385. The molecule has 130 valence electrons. The standard InChI is InChI=1S/C17H11N3O5S/c21-16-13(26-17(19-16)18-11-4-2-1-3-5-11)8-10-6-7-12-15(25-9-24-12)14(10)20(22)23/h1-8H,9H2,(H,18,19,21)/b13-8+. The Kier molecular flexibility index (Phi) is 4.05. The quantitative estimate of drug-likeness (QED) is 0.506. The van der Waals surface area contributed by atoms with E-state index in [1.165, 1.54) is 12.1 Å². The number of hydrogen-bond donors (Lipinski definition) is 1. The summed E-state index contributed by atoms with van der Waals surface area (Å²) in [6.45, 7) is -0.0701. The lowest BCUT2D eigenvalue weighted by Crippen LogP contribution is -2.19. The van der Waals surface area contributed by atoms with Crippen molar-refractivity contribution in [3.05, 3.63) is 63.0 Å². The zero-order valence-corrected chi connectivity index (χ0v) is 14.0. The number of thioether (sulfide) groups is 1. The van der Waals surface area contributed by atoms with Crippen LogP contribution in [-0.4, -0.2) is 22.8 Å². The number of nitro groups is 1. The van der Waals surface area contributed by atoms with Gasteiger partial charge in [0.05, 0.1) is 21.1 Å². The summed E-state index contributed by atoms with van der Waals surface area (Å²) < 4.78 is 10.4. The number of benzene rings is 2. The molecule has 1 amide bonds. The fourth-order valence-corrected chi connectivity index (χ4v) is 3.35. The van der Waals surface area contributed by atoms with Crippen LogP contribution in [0, 0.1) is 10.1 Å². The molecule has 26 heavy (non-hydrogen) atoms. The highest BCUT2D eigenvalue weighted by atomic mass is 32.2. The van der Waals surface area contributed by atoms with Crippen molar-refractivity contribution in [1.82, 2.24) is 5.32 Å². The normalized spacial score (nSPS) is 18.4. The van der Waals surface area contributed by atoms with Gasteiger partial charge in [0, 0.05) is 0 Å². The minimum atomic E-state index is -0.545. The summed E-state index contributed by atoms with van der Waals surface area (Å²) >= 11 is 1.12. The molecule has 0 aliphatic carbocycles. The lowest BCUT2D eigenvalue weighted by Gasteiger charge is -2.02. The van der Waals surface area contributed by atoms with Crippen LogP contribution >= 0.6 is 11.8 Å². The van der Waals surface area contributed by atoms with E-state index in [1.807, 2.05) is 30.3 Å². The Labute approximate surface area is 151 Å². The second kappa shape index (κ2) is 6.52. The van der Waals surface area contributed by atoms with Crippen LogP contribution in [0.1, 0.15) is 5.56 Å². The molecular formula is C17H11N3O5S. The van der Waals surface area contributed by atoms with Gasteiger partial charge >= 0.3 is 5.69 Å². The molecule has 2 heterocycles. The molecule has 1 fully saturated rings. The summed E-state index contributed by atoms with van der Waals surface area (Å²) in [4.78, 5) is 27.7. The van der Waals surface area contributed by atoms with E-state index in [0.717, 1.165) is 11.8 Å². The summed E-state index contributed by atoms with van der Waals surface area (Å²) in [5.74, 6) is 0.0243. The highest BCUT2D eigenvalue weighted by Crippen LogP contribution is 2.44. The van der Waals surface area contributed by atoms with Crippen LogP contribution in [0.4, 0.5) is 11.4 Å². The molecule has 2 aromatic carbocycles. The molecule has 0 saturated carbocycles. The van der Waals surface area contributed by atoms with E-state index in [0.29, 0.717) is 21.5 Å². The number of nitro benzene ring substituents is 1. The fourth-order valence-electron chi connectivity index (χ4n) is 2.52. The summed E-state index contributed by atoms with van der Waals surface area (Å²) in [5.41, 5.74) is 0.734. The molecule has 0 aromatic heterocycles. The number of ether oxygens (including phenoxy) is 2. The molecular weight excluding hydrogens is 358 g/mol. The zero-order chi connectivity index (χ0) is 18.1. The van der Waals surface area contributed by atoms with Crippen molar-refractivity contribution in [3.8, 4) is 11.5 Å². The van der Waals surface area contributed by atoms with Crippen molar-refractivity contribution in [1.29, 1.82) is 0 Å². The molecule has 0 bridgehead atoms. The molecule has 8 nitrogen and oxygen atoms in total. The number of rotatable bonds is 3. The first-order valence-electron chi connectivity index (χ1n) is 7.53. The number of amides is 1. The number of fused-ring (bicyclic) bond motifs is 1. The van der Waals surface area contributed by atoms with Crippen LogP contribution in [0.15, 0.2) is 52.4 Å². The Hall–Kier alpha value is -3.33. The van der Waals surface area contributed by atoms with Crippen LogP contribution in [0.25, 0.3) is 6.08 Å². The predicted molar refractivity (Wildman–Crippen MR) is 96.5 cm³/mol. The third kappa shape index (κ3) is 3.00. The summed E-state index contributed by atoms with van der Waals surface area (Å²) in [5, 5.41) is 14.5. The SMILES string of the molecule is O=C1NC(=Nc2ccccc2)S/C1=C/c1ccc2c(c1[N+](=O)[O-])OCO2.